The van der Waals surface area contributed by atoms with Gasteiger partial charge in [-0.1, -0.05) is 66.6 Å². The molecule has 87 heavy (non-hydrogen) atoms. The fraction of sp³-hybridized carbons (Fsp3) is 0.441. The summed E-state index contributed by atoms with van der Waals surface area (Å²) in [7, 11) is 1.63. The first-order valence-corrected chi connectivity index (χ1v) is 28.7. The van der Waals surface area contributed by atoms with Gasteiger partial charge in [-0.15, -0.1) is 0 Å². The van der Waals surface area contributed by atoms with Crippen LogP contribution in [0.25, 0.3) is 0 Å². The van der Waals surface area contributed by atoms with Gasteiger partial charge in [-0.05, 0) is 86.9 Å². The quantitative estimate of drug-likeness (QED) is 0.0345. The number of carbonyl (C=O) groups excluding carboxylic acids is 13. The summed E-state index contributed by atoms with van der Waals surface area (Å²) in [6.07, 6.45) is 3.99. The van der Waals surface area contributed by atoms with Crippen LogP contribution in [0.1, 0.15) is 91.9 Å². The van der Waals surface area contributed by atoms with Crippen molar-refractivity contribution in [2.75, 3.05) is 71.5 Å². The van der Waals surface area contributed by atoms with Crippen molar-refractivity contribution in [3.63, 3.8) is 0 Å². The number of benzene rings is 3. The van der Waals surface area contributed by atoms with Crippen LogP contribution >= 0.6 is 11.6 Å². The monoisotopic (exact) mass is 1220 g/mol. The highest BCUT2D eigenvalue weighted by atomic mass is 35.5. The largest absolute Gasteiger partial charge is 0.444 e. The van der Waals surface area contributed by atoms with E-state index in [0.717, 1.165) is 15.4 Å². The van der Waals surface area contributed by atoms with Crippen LogP contribution in [-0.4, -0.2) is 181 Å². The second-order valence-corrected chi connectivity index (χ2v) is 22.0. The Balaban J connectivity index is 0.871. The highest BCUT2D eigenvalue weighted by Gasteiger charge is 2.43. The van der Waals surface area contributed by atoms with E-state index in [1.165, 1.54) is 22.0 Å². The number of carbonyl (C=O) groups is 13. The first-order valence-electron chi connectivity index (χ1n) is 28.3. The lowest BCUT2D eigenvalue weighted by Gasteiger charge is -2.35. The number of nitrogens with one attached hydrogen (secondary N) is 8. The molecule has 0 radical (unpaired) electrons. The van der Waals surface area contributed by atoms with Crippen LogP contribution in [0.3, 0.4) is 0 Å². The van der Waals surface area contributed by atoms with E-state index in [0.29, 0.717) is 78.4 Å². The van der Waals surface area contributed by atoms with Gasteiger partial charge >= 0.3 is 12.1 Å². The number of likely N-dealkylation sites (N-methyl/N-ethyl adjacent to an activating group) is 1. The number of likely N-dealkylation sites (tertiary alicyclic amines) is 1. The average molecular weight is 1230 g/mol. The lowest BCUT2D eigenvalue weighted by Crippen LogP contribution is -2.57. The van der Waals surface area contributed by atoms with E-state index in [1.807, 2.05) is 0 Å². The standard InChI is InChI=1S/C59H73ClN12O15/c1-59(2,3)87-58(85)69(4)24-26-86-25-22-39-15-16-41(29-43(39)60)67-57(84)65-30-38-14-17-42-40(27-38)35-71(55(42)82)45-18-19-53(80)72(56(45)83)36-66-49(76)32-62-48(75)33-64-54(81)44(28-37-11-7-5-8-12-37)68-50(77)34-63-47(74)31-61-46(73)13-9-6-10-23-70-51(78)20-21-52(70)79/h5,7-8,11-12,14-17,20-21,27,29,44-45H,6,9-10,13,18-19,22-26,28,30-36H2,1-4H3,(H,61,73)(H,62,75)(H,63,74)(H,64,81)(H,66,76)(H,68,77)(H2,65,67,84)/t44-,45?/m0/s1. The third-order valence-electron chi connectivity index (χ3n) is 13.7. The molecule has 466 valence electrons. The third-order valence-corrected chi connectivity index (χ3v) is 14.1. The summed E-state index contributed by atoms with van der Waals surface area (Å²) in [6, 6.07) is 16.0. The normalized spacial score (nSPS) is 14.9. The van der Waals surface area contributed by atoms with Gasteiger partial charge in [0.2, 0.25) is 41.4 Å². The molecule has 14 amide bonds. The molecule has 3 aromatic carbocycles. The molecule has 0 bridgehead atoms. The summed E-state index contributed by atoms with van der Waals surface area (Å²) in [5, 5.41) is 20.5. The molecule has 3 aliphatic heterocycles. The zero-order chi connectivity index (χ0) is 63.2. The number of hydrogen-bond acceptors (Lipinski definition) is 15. The molecule has 1 unspecified atom stereocenters. The SMILES string of the molecule is CN(CCOCCc1ccc(NC(=O)NCc2ccc3c(c2)CN(C2CCC(=O)N(CNC(=O)CNC(=O)CNC(=O)[C@H](Cc4ccccc4)NC(=O)CNC(=O)CNC(=O)CCCCCN4C(=O)C=CC4=O)C2=O)C3=O)cc1Cl)C(=O)OC(C)(C)C. The zero-order valence-corrected chi connectivity index (χ0v) is 49.6. The van der Waals surface area contributed by atoms with Crippen LogP contribution in [0, 0.1) is 0 Å². The number of halogens is 1. The van der Waals surface area contributed by atoms with Crippen molar-refractivity contribution in [2.24, 2.45) is 0 Å². The van der Waals surface area contributed by atoms with E-state index in [4.69, 9.17) is 21.1 Å². The highest BCUT2D eigenvalue weighted by molar-refractivity contribution is 6.31. The molecular weight excluding hydrogens is 1150 g/mol. The number of imide groups is 2. The summed E-state index contributed by atoms with van der Waals surface area (Å²) in [6.45, 7) is 3.98. The van der Waals surface area contributed by atoms with Gasteiger partial charge in [0.05, 0.1) is 39.4 Å². The molecule has 3 aliphatic rings. The van der Waals surface area contributed by atoms with E-state index in [-0.39, 0.29) is 57.1 Å². The Morgan fingerprint density at radius 3 is 2.07 bits per heavy atom. The summed E-state index contributed by atoms with van der Waals surface area (Å²) in [5.41, 5.74) is 2.92. The third kappa shape index (κ3) is 21.3. The molecule has 1 fully saturated rings. The van der Waals surface area contributed by atoms with Crippen LogP contribution in [0.5, 0.6) is 0 Å². The van der Waals surface area contributed by atoms with Gasteiger partial charge in [0.15, 0.2) is 0 Å². The molecule has 28 heteroatoms. The minimum atomic E-state index is -1.21. The smallest absolute Gasteiger partial charge is 0.410 e. The second-order valence-electron chi connectivity index (χ2n) is 21.6. The molecule has 3 aromatic rings. The number of unbranched alkanes of at least 4 members (excludes halogenated alkanes) is 2. The van der Waals surface area contributed by atoms with Crippen molar-refractivity contribution < 1.29 is 71.8 Å². The van der Waals surface area contributed by atoms with E-state index in [2.05, 4.69) is 42.5 Å². The first kappa shape index (κ1) is 66.9. The number of urea groups is 1. The molecule has 6 rings (SSSR count). The molecule has 1 saturated heterocycles. The lowest BCUT2D eigenvalue weighted by molar-refractivity contribution is -0.153. The molecule has 2 atom stereocenters. The molecule has 3 heterocycles. The molecule has 0 aliphatic carbocycles. The van der Waals surface area contributed by atoms with Gasteiger partial charge in [0.25, 0.3) is 23.6 Å². The predicted octanol–water partition coefficient (Wildman–Crippen LogP) is 1.31. The number of fused-ring (bicyclic) bond motifs is 1. The molecule has 0 spiro atoms. The van der Waals surface area contributed by atoms with Crippen molar-refractivity contribution in [1.82, 2.24) is 56.8 Å². The molecular formula is C59H73ClN12O15. The van der Waals surface area contributed by atoms with Crippen LogP contribution < -0.4 is 42.5 Å². The number of nitrogens with zero attached hydrogens (tertiary/aromatic N) is 4. The van der Waals surface area contributed by atoms with E-state index in [9.17, 15) is 62.3 Å². The molecule has 8 N–H and O–H groups in total. The van der Waals surface area contributed by atoms with E-state index in [1.54, 1.807) is 94.5 Å². The number of anilines is 1. The molecule has 0 aromatic heterocycles. The van der Waals surface area contributed by atoms with Crippen LogP contribution in [-0.2, 0) is 83.4 Å². The summed E-state index contributed by atoms with van der Waals surface area (Å²) in [4.78, 5) is 170. The maximum Gasteiger partial charge on any atom is 0.410 e. The van der Waals surface area contributed by atoms with E-state index < -0.39 is 116 Å². The topological polar surface area (TPSA) is 350 Å². The molecule has 0 saturated carbocycles. The lowest BCUT2D eigenvalue weighted by atomic mass is 10.0. The van der Waals surface area contributed by atoms with Crippen LogP contribution in [0.15, 0.2) is 78.9 Å². The minimum Gasteiger partial charge on any atom is -0.444 e. The van der Waals surface area contributed by atoms with Gasteiger partial charge in [-0.2, -0.15) is 0 Å². The average Bonchev–Trinajstić information content (AvgIpc) is 1.97. The fourth-order valence-corrected chi connectivity index (χ4v) is 9.37. The minimum absolute atomic E-state index is 0.00155. The second kappa shape index (κ2) is 32.3. The van der Waals surface area contributed by atoms with Crippen LogP contribution in [0.4, 0.5) is 15.3 Å². The number of ether oxygens (including phenoxy) is 2. The number of hydrogen-bond donors (Lipinski definition) is 8. The van der Waals surface area contributed by atoms with Gasteiger partial charge in [-0.3, -0.25) is 62.5 Å². The maximum absolute atomic E-state index is 13.8. The summed E-state index contributed by atoms with van der Waals surface area (Å²) < 4.78 is 11.0. The van der Waals surface area contributed by atoms with E-state index >= 15 is 0 Å². The first-order chi connectivity index (χ1) is 41.4. The Bertz CT molecular complexity index is 3100. The summed E-state index contributed by atoms with van der Waals surface area (Å²) >= 11 is 6.51. The Morgan fingerprint density at radius 1 is 0.713 bits per heavy atom. The fourth-order valence-electron chi connectivity index (χ4n) is 9.10. The number of amides is 14. The van der Waals surface area contributed by atoms with Crippen molar-refractivity contribution in [1.29, 1.82) is 0 Å². The Morgan fingerprint density at radius 2 is 1.38 bits per heavy atom. The zero-order valence-electron chi connectivity index (χ0n) is 48.9. The van der Waals surface area contributed by atoms with Crippen molar-refractivity contribution in [2.45, 2.75) is 103 Å². The maximum atomic E-state index is 13.8. The van der Waals surface area contributed by atoms with Gasteiger partial charge in [-0.25, -0.2) is 9.59 Å². The van der Waals surface area contributed by atoms with Crippen LogP contribution in [0.2, 0.25) is 5.02 Å². The highest BCUT2D eigenvalue weighted by Crippen LogP contribution is 2.30. The molecule has 27 nitrogen and oxygen atoms in total. The number of rotatable bonds is 30. The Labute approximate surface area is 507 Å². The van der Waals surface area contributed by atoms with Gasteiger partial charge < -0.3 is 61.8 Å². The number of piperidine rings is 1. The Hall–Kier alpha value is -9.24. The van der Waals surface area contributed by atoms with Crippen molar-refractivity contribution in [3.8, 4) is 0 Å². The van der Waals surface area contributed by atoms with Crippen molar-refractivity contribution >= 4 is 94.4 Å². The van der Waals surface area contributed by atoms with Gasteiger partial charge in [0, 0.05) is 80.9 Å². The van der Waals surface area contributed by atoms with Gasteiger partial charge in [0.1, 0.15) is 24.4 Å². The predicted molar refractivity (Wildman–Crippen MR) is 313 cm³/mol. The summed E-state index contributed by atoms with van der Waals surface area (Å²) in [5.74, 6) is -6.68. The van der Waals surface area contributed by atoms with Crippen molar-refractivity contribution in [3.05, 3.63) is 112 Å². The Kier molecular flexibility index (Phi) is 24.8.